The van der Waals surface area contributed by atoms with Crippen LogP contribution in [0.5, 0.6) is 0 Å². The average molecular weight is 214 g/mol. The van der Waals surface area contributed by atoms with Crippen LogP contribution in [-0.4, -0.2) is 18.6 Å². The topological polar surface area (TPSA) is 77.6 Å². The molecule has 82 valence electrons. The Bertz CT molecular complexity index is 548. The van der Waals surface area contributed by atoms with Crippen LogP contribution in [0.1, 0.15) is 11.1 Å². The number of anilines is 1. The van der Waals surface area contributed by atoms with Crippen molar-refractivity contribution in [1.29, 1.82) is 5.26 Å². The number of fused-ring (bicyclic) bond motifs is 1. The Hall–Kier alpha value is -1.99. The number of aromatic amines is 1. The van der Waals surface area contributed by atoms with Crippen LogP contribution < -0.4 is 11.1 Å². The molecule has 0 aliphatic carbocycles. The summed E-state index contributed by atoms with van der Waals surface area (Å²) in [6.45, 7) is 0.909. The van der Waals surface area contributed by atoms with E-state index in [2.05, 4.69) is 16.4 Å². The molecule has 16 heavy (non-hydrogen) atoms. The molecule has 0 spiro atoms. The third-order valence-corrected chi connectivity index (χ3v) is 2.67. The van der Waals surface area contributed by atoms with Gasteiger partial charge in [0.1, 0.15) is 0 Å². The van der Waals surface area contributed by atoms with Gasteiger partial charge in [-0.15, -0.1) is 0 Å². The summed E-state index contributed by atoms with van der Waals surface area (Å²) in [6.07, 6.45) is 2.88. The van der Waals surface area contributed by atoms with Gasteiger partial charge in [-0.05, 0) is 37.7 Å². The molecule has 0 aliphatic heterocycles. The Morgan fingerprint density at radius 1 is 1.50 bits per heavy atom. The van der Waals surface area contributed by atoms with E-state index in [1.807, 2.05) is 19.3 Å². The number of rotatable bonds is 3. The van der Waals surface area contributed by atoms with Crippen LogP contribution >= 0.6 is 0 Å². The predicted octanol–water partition coefficient (Wildman–Crippen LogP) is 1.38. The van der Waals surface area contributed by atoms with E-state index >= 15 is 0 Å². The van der Waals surface area contributed by atoms with Crippen LogP contribution in [0.25, 0.3) is 10.9 Å². The fourth-order valence-electron chi connectivity index (χ4n) is 1.90. The van der Waals surface area contributed by atoms with Crippen LogP contribution in [0.2, 0.25) is 0 Å². The fraction of sp³-hybridized carbons (Fsp3) is 0.250. The van der Waals surface area contributed by atoms with E-state index in [1.165, 1.54) is 5.56 Å². The number of nitrogens with zero attached hydrogens (tertiary/aromatic N) is 1. The largest absolute Gasteiger partial charge is 0.398 e. The highest BCUT2D eigenvalue weighted by molar-refractivity contribution is 5.95. The molecule has 0 unspecified atom stereocenters. The summed E-state index contributed by atoms with van der Waals surface area (Å²) in [5, 5.41) is 13.0. The highest BCUT2D eigenvalue weighted by Crippen LogP contribution is 2.26. The number of nitriles is 1. The highest BCUT2D eigenvalue weighted by atomic mass is 14.8. The van der Waals surface area contributed by atoms with E-state index in [1.54, 1.807) is 6.07 Å². The van der Waals surface area contributed by atoms with Crippen molar-refractivity contribution in [1.82, 2.24) is 10.3 Å². The Labute approximate surface area is 94.1 Å². The number of H-pyrrole nitrogens is 1. The van der Waals surface area contributed by atoms with Crippen molar-refractivity contribution in [2.24, 2.45) is 0 Å². The summed E-state index contributed by atoms with van der Waals surface area (Å²) < 4.78 is 0. The molecular weight excluding hydrogens is 200 g/mol. The lowest BCUT2D eigenvalue weighted by Crippen LogP contribution is -2.10. The van der Waals surface area contributed by atoms with Crippen molar-refractivity contribution in [3.8, 4) is 6.07 Å². The molecule has 0 saturated heterocycles. The summed E-state index contributed by atoms with van der Waals surface area (Å²) >= 11 is 0. The molecule has 0 radical (unpaired) electrons. The Balaban J connectivity index is 2.51. The first-order valence-corrected chi connectivity index (χ1v) is 5.20. The van der Waals surface area contributed by atoms with Gasteiger partial charge in [0, 0.05) is 22.8 Å². The monoisotopic (exact) mass is 214 g/mol. The quantitative estimate of drug-likeness (QED) is 0.675. The molecule has 2 aromatic rings. The molecule has 0 bridgehead atoms. The molecule has 4 nitrogen and oxygen atoms in total. The number of likely N-dealkylation sites (N-methyl/N-ethyl adjacent to an activating group) is 1. The second kappa shape index (κ2) is 4.25. The zero-order valence-electron chi connectivity index (χ0n) is 9.17. The van der Waals surface area contributed by atoms with Gasteiger partial charge in [0.05, 0.1) is 11.6 Å². The van der Waals surface area contributed by atoms with E-state index in [-0.39, 0.29) is 0 Å². The van der Waals surface area contributed by atoms with Gasteiger partial charge < -0.3 is 16.0 Å². The first-order valence-electron chi connectivity index (χ1n) is 5.20. The Kier molecular flexibility index (Phi) is 2.80. The maximum atomic E-state index is 8.84. The number of aromatic nitrogens is 1. The highest BCUT2D eigenvalue weighted by Gasteiger charge is 2.08. The maximum absolute atomic E-state index is 8.84. The van der Waals surface area contributed by atoms with Gasteiger partial charge >= 0.3 is 0 Å². The number of hydrogen-bond acceptors (Lipinski definition) is 3. The molecule has 4 heteroatoms. The minimum absolute atomic E-state index is 0.590. The molecule has 1 aromatic heterocycles. The number of nitrogen functional groups attached to an aromatic ring is 1. The minimum atomic E-state index is 0.590. The normalized spacial score (nSPS) is 10.5. The number of benzene rings is 1. The van der Waals surface area contributed by atoms with Crippen molar-refractivity contribution in [2.45, 2.75) is 6.42 Å². The predicted molar refractivity (Wildman–Crippen MR) is 65.1 cm³/mol. The van der Waals surface area contributed by atoms with Crippen LogP contribution in [0, 0.1) is 11.3 Å². The Morgan fingerprint density at radius 2 is 2.31 bits per heavy atom. The van der Waals surface area contributed by atoms with Gasteiger partial charge in [0.25, 0.3) is 0 Å². The number of nitrogens with one attached hydrogen (secondary N) is 2. The summed E-state index contributed by atoms with van der Waals surface area (Å²) in [7, 11) is 1.92. The zero-order chi connectivity index (χ0) is 11.5. The third-order valence-electron chi connectivity index (χ3n) is 2.67. The molecular formula is C12H14N4. The zero-order valence-corrected chi connectivity index (χ0v) is 9.17. The molecule has 0 amide bonds. The third kappa shape index (κ3) is 1.73. The second-order valence-corrected chi connectivity index (χ2v) is 3.77. The summed E-state index contributed by atoms with van der Waals surface area (Å²) in [5.74, 6) is 0. The maximum Gasteiger partial charge on any atom is 0.0993 e. The summed E-state index contributed by atoms with van der Waals surface area (Å²) in [4.78, 5) is 3.15. The molecule has 1 aromatic carbocycles. The average Bonchev–Trinajstić information content (AvgIpc) is 2.69. The van der Waals surface area contributed by atoms with Gasteiger partial charge in [-0.1, -0.05) is 0 Å². The molecule has 0 aliphatic rings. The van der Waals surface area contributed by atoms with Crippen molar-refractivity contribution in [2.75, 3.05) is 19.3 Å². The van der Waals surface area contributed by atoms with Crippen molar-refractivity contribution in [3.05, 3.63) is 29.5 Å². The lowest BCUT2D eigenvalue weighted by Gasteiger charge is -2.02. The molecule has 2 rings (SSSR count). The molecule has 0 saturated carbocycles. The van der Waals surface area contributed by atoms with E-state index in [9.17, 15) is 0 Å². The van der Waals surface area contributed by atoms with E-state index < -0.39 is 0 Å². The molecule has 1 heterocycles. The van der Waals surface area contributed by atoms with Crippen molar-refractivity contribution < 1.29 is 0 Å². The fourth-order valence-corrected chi connectivity index (χ4v) is 1.90. The first-order chi connectivity index (χ1) is 7.76. The van der Waals surface area contributed by atoms with Gasteiger partial charge in [-0.3, -0.25) is 0 Å². The van der Waals surface area contributed by atoms with Crippen LogP contribution in [0.4, 0.5) is 5.69 Å². The van der Waals surface area contributed by atoms with Gasteiger partial charge in [0.15, 0.2) is 0 Å². The molecule has 0 atom stereocenters. The number of hydrogen-bond donors (Lipinski definition) is 3. The van der Waals surface area contributed by atoms with Crippen LogP contribution in [0.15, 0.2) is 18.3 Å². The Morgan fingerprint density at radius 3 is 3.00 bits per heavy atom. The number of nitrogens with two attached hydrogens (primary N) is 1. The van der Waals surface area contributed by atoms with Crippen molar-refractivity contribution in [3.63, 3.8) is 0 Å². The van der Waals surface area contributed by atoms with Gasteiger partial charge in [-0.25, -0.2) is 0 Å². The van der Waals surface area contributed by atoms with Crippen molar-refractivity contribution >= 4 is 16.6 Å². The minimum Gasteiger partial charge on any atom is -0.398 e. The smallest absolute Gasteiger partial charge is 0.0993 e. The SMILES string of the molecule is CNCCc1c[nH]c2cc(C#N)cc(N)c12. The van der Waals surface area contributed by atoms with Crippen LogP contribution in [0.3, 0.4) is 0 Å². The summed E-state index contributed by atoms with van der Waals surface area (Å²) in [6, 6.07) is 5.65. The lowest BCUT2D eigenvalue weighted by molar-refractivity contribution is 0.795. The van der Waals surface area contributed by atoms with Crippen LogP contribution in [-0.2, 0) is 6.42 Å². The first kappa shape index (κ1) is 10.5. The lowest BCUT2D eigenvalue weighted by atomic mass is 10.1. The van der Waals surface area contributed by atoms with Gasteiger partial charge in [0.2, 0.25) is 0 Å². The summed E-state index contributed by atoms with van der Waals surface area (Å²) in [5.41, 5.74) is 9.34. The van der Waals surface area contributed by atoms with E-state index in [4.69, 9.17) is 11.0 Å². The van der Waals surface area contributed by atoms with E-state index in [0.717, 1.165) is 23.9 Å². The molecule has 4 N–H and O–H groups in total. The standard InChI is InChI=1S/C12H14N4/c1-15-3-2-9-7-16-11-5-8(6-13)4-10(14)12(9)11/h4-5,7,15-16H,2-3,14H2,1H3. The second-order valence-electron chi connectivity index (χ2n) is 3.77. The van der Waals surface area contributed by atoms with E-state index in [0.29, 0.717) is 11.3 Å². The molecule has 0 fully saturated rings. The van der Waals surface area contributed by atoms with Gasteiger partial charge in [-0.2, -0.15) is 5.26 Å².